The van der Waals surface area contributed by atoms with Crippen molar-refractivity contribution in [2.75, 3.05) is 5.88 Å². The molecule has 1 saturated carbocycles. The highest BCUT2D eigenvalue weighted by molar-refractivity contribution is 6.27. The van der Waals surface area contributed by atoms with Gasteiger partial charge in [-0.2, -0.15) is 0 Å². The van der Waals surface area contributed by atoms with E-state index in [4.69, 9.17) is 16.3 Å². The van der Waals surface area contributed by atoms with Crippen molar-refractivity contribution in [3.63, 3.8) is 0 Å². The SMILES string of the molecule is O=C(NC1CCC(C(=O)CCl)CC1)OCc1ccccc1. The number of benzene rings is 1. The number of carbonyl (C=O) groups excluding carboxylic acids is 2. The Balaban J connectivity index is 1.68. The molecule has 0 spiro atoms. The van der Waals surface area contributed by atoms with E-state index >= 15 is 0 Å². The second-order valence-corrected chi connectivity index (χ2v) is 5.62. The Kier molecular flexibility index (Phi) is 6.05. The largest absolute Gasteiger partial charge is 0.445 e. The fourth-order valence-corrected chi connectivity index (χ4v) is 2.82. The minimum Gasteiger partial charge on any atom is -0.445 e. The summed E-state index contributed by atoms with van der Waals surface area (Å²) in [7, 11) is 0. The quantitative estimate of drug-likeness (QED) is 0.849. The van der Waals surface area contributed by atoms with Crippen molar-refractivity contribution in [3.05, 3.63) is 35.9 Å². The van der Waals surface area contributed by atoms with Crippen molar-refractivity contribution in [1.29, 1.82) is 0 Å². The van der Waals surface area contributed by atoms with E-state index in [1.165, 1.54) is 0 Å². The van der Waals surface area contributed by atoms with Crippen molar-refractivity contribution in [3.8, 4) is 0 Å². The highest BCUT2D eigenvalue weighted by atomic mass is 35.5. The second kappa shape index (κ2) is 8.03. The molecule has 1 aliphatic carbocycles. The smallest absolute Gasteiger partial charge is 0.407 e. The maximum Gasteiger partial charge on any atom is 0.407 e. The number of amides is 1. The van der Waals surface area contributed by atoms with Crippen LogP contribution in [0, 0.1) is 5.92 Å². The number of rotatable bonds is 5. The number of hydrogen-bond donors (Lipinski definition) is 1. The Hall–Kier alpha value is -1.55. The molecule has 0 heterocycles. The predicted molar refractivity (Wildman–Crippen MR) is 81.2 cm³/mol. The van der Waals surface area contributed by atoms with Crippen LogP contribution in [0.25, 0.3) is 0 Å². The lowest BCUT2D eigenvalue weighted by atomic mass is 9.84. The molecule has 114 valence electrons. The van der Waals surface area contributed by atoms with Gasteiger partial charge in [0.15, 0.2) is 5.78 Å². The van der Waals surface area contributed by atoms with E-state index in [1.807, 2.05) is 30.3 Å². The molecule has 21 heavy (non-hydrogen) atoms. The molecule has 1 aromatic carbocycles. The number of Topliss-reactive ketones (excluding diaryl/α,β-unsaturated/α-hetero) is 1. The molecule has 4 nitrogen and oxygen atoms in total. The van der Waals surface area contributed by atoms with Crippen LogP contribution in [0.2, 0.25) is 0 Å². The van der Waals surface area contributed by atoms with Crippen molar-refractivity contribution in [2.24, 2.45) is 5.92 Å². The van der Waals surface area contributed by atoms with Crippen LogP contribution >= 0.6 is 11.6 Å². The van der Waals surface area contributed by atoms with Crippen LogP contribution in [0.15, 0.2) is 30.3 Å². The monoisotopic (exact) mass is 309 g/mol. The molecule has 0 saturated heterocycles. The van der Waals surface area contributed by atoms with E-state index in [9.17, 15) is 9.59 Å². The van der Waals surface area contributed by atoms with Crippen LogP contribution < -0.4 is 5.32 Å². The zero-order valence-corrected chi connectivity index (χ0v) is 12.6. The topological polar surface area (TPSA) is 55.4 Å². The molecule has 0 radical (unpaired) electrons. The third kappa shape index (κ3) is 5.05. The molecule has 0 unspecified atom stereocenters. The standard InChI is InChI=1S/C16H20ClNO3/c17-10-15(19)13-6-8-14(9-7-13)18-16(20)21-11-12-4-2-1-3-5-12/h1-5,13-14H,6-11H2,(H,18,20). The first kappa shape index (κ1) is 15.8. The van der Waals surface area contributed by atoms with Gasteiger partial charge < -0.3 is 10.1 Å². The van der Waals surface area contributed by atoms with Gasteiger partial charge in [-0.25, -0.2) is 4.79 Å². The molecule has 1 amide bonds. The summed E-state index contributed by atoms with van der Waals surface area (Å²) in [5.41, 5.74) is 0.962. The number of ketones is 1. The van der Waals surface area contributed by atoms with Crippen LogP contribution in [0.1, 0.15) is 31.2 Å². The summed E-state index contributed by atoms with van der Waals surface area (Å²) in [6, 6.07) is 9.65. The fourth-order valence-electron chi connectivity index (χ4n) is 2.60. The summed E-state index contributed by atoms with van der Waals surface area (Å²) < 4.78 is 5.19. The zero-order chi connectivity index (χ0) is 15.1. The van der Waals surface area contributed by atoms with Gasteiger partial charge in [-0.15, -0.1) is 11.6 Å². The first-order chi connectivity index (χ1) is 10.2. The Morgan fingerprint density at radius 2 is 1.81 bits per heavy atom. The van der Waals surface area contributed by atoms with Gasteiger partial charge in [-0.1, -0.05) is 30.3 Å². The first-order valence-electron chi connectivity index (χ1n) is 7.25. The molecule has 0 aromatic heterocycles. The Labute approximate surface area is 129 Å². The van der Waals surface area contributed by atoms with E-state index in [0.717, 1.165) is 31.2 Å². The van der Waals surface area contributed by atoms with E-state index in [-0.39, 0.29) is 30.2 Å². The van der Waals surface area contributed by atoms with Crippen LogP contribution in [0.5, 0.6) is 0 Å². The Morgan fingerprint density at radius 1 is 1.14 bits per heavy atom. The van der Waals surface area contributed by atoms with E-state index in [2.05, 4.69) is 5.32 Å². The summed E-state index contributed by atoms with van der Waals surface area (Å²) in [6.45, 7) is 0.271. The van der Waals surface area contributed by atoms with Crippen LogP contribution in [-0.2, 0) is 16.1 Å². The molecular weight excluding hydrogens is 290 g/mol. The predicted octanol–water partition coefficient (Wildman–Crippen LogP) is 3.28. The van der Waals surface area contributed by atoms with Gasteiger partial charge >= 0.3 is 6.09 Å². The van der Waals surface area contributed by atoms with Gasteiger partial charge in [0.2, 0.25) is 0 Å². The van der Waals surface area contributed by atoms with Gasteiger partial charge in [0.1, 0.15) is 6.61 Å². The van der Waals surface area contributed by atoms with Gasteiger partial charge in [0, 0.05) is 12.0 Å². The van der Waals surface area contributed by atoms with Gasteiger partial charge in [0.25, 0.3) is 0 Å². The number of hydrogen-bond acceptors (Lipinski definition) is 3. The van der Waals surface area contributed by atoms with Crippen molar-refractivity contribution >= 4 is 23.5 Å². The third-order valence-corrected chi connectivity index (χ3v) is 4.11. The first-order valence-corrected chi connectivity index (χ1v) is 7.78. The highest BCUT2D eigenvalue weighted by Crippen LogP contribution is 2.25. The lowest BCUT2D eigenvalue weighted by molar-refractivity contribution is -0.121. The summed E-state index contributed by atoms with van der Waals surface area (Å²) in [4.78, 5) is 23.2. The lowest BCUT2D eigenvalue weighted by Gasteiger charge is -2.27. The number of alkyl halides is 1. The zero-order valence-electron chi connectivity index (χ0n) is 11.9. The Morgan fingerprint density at radius 3 is 2.43 bits per heavy atom. The summed E-state index contributed by atoms with van der Waals surface area (Å²) in [5.74, 6) is 0.254. The molecule has 1 N–H and O–H groups in total. The number of carbonyl (C=O) groups is 2. The maximum absolute atomic E-state index is 11.7. The molecule has 5 heteroatoms. The summed E-state index contributed by atoms with van der Waals surface area (Å²) in [6.07, 6.45) is 2.78. The average Bonchev–Trinajstić information content (AvgIpc) is 2.54. The normalized spacial score (nSPS) is 21.6. The molecule has 1 aliphatic rings. The molecule has 0 bridgehead atoms. The number of halogens is 1. The summed E-state index contributed by atoms with van der Waals surface area (Å²) >= 11 is 5.57. The average molecular weight is 310 g/mol. The highest BCUT2D eigenvalue weighted by Gasteiger charge is 2.26. The number of ether oxygens (including phenoxy) is 1. The van der Waals surface area contributed by atoms with Gasteiger partial charge in [0.05, 0.1) is 5.88 Å². The molecule has 0 atom stereocenters. The van der Waals surface area contributed by atoms with Crippen LogP contribution in [0.3, 0.4) is 0 Å². The molecule has 1 aromatic rings. The van der Waals surface area contributed by atoms with Gasteiger partial charge in [-0.3, -0.25) is 4.79 Å². The second-order valence-electron chi connectivity index (χ2n) is 5.35. The van der Waals surface area contributed by atoms with Crippen LogP contribution in [-0.4, -0.2) is 23.8 Å². The van der Waals surface area contributed by atoms with E-state index < -0.39 is 6.09 Å². The molecule has 2 rings (SSSR count). The molecule has 0 aliphatic heterocycles. The number of alkyl carbamates (subject to hydrolysis) is 1. The van der Waals surface area contributed by atoms with Crippen molar-refractivity contribution < 1.29 is 14.3 Å². The maximum atomic E-state index is 11.7. The Bertz CT molecular complexity index is 470. The van der Waals surface area contributed by atoms with E-state index in [0.29, 0.717) is 0 Å². The van der Waals surface area contributed by atoms with Gasteiger partial charge in [-0.05, 0) is 31.2 Å². The summed E-state index contributed by atoms with van der Waals surface area (Å²) in [5, 5.41) is 2.86. The van der Waals surface area contributed by atoms with Crippen molar-refractivity contribution in [1.82, 2.24) is 5.32 Å². The fraction of sp³-hybridized carbons (Fsp3) is 0.500. The number of nitrogens with one attached hydrogen (secondary N) is 1. The third-order valence-electron chi connectivity index (χ3n) is 3.85. The van der Waals surface area contributed by atoms with Crippen molar-refractivity contribution in [2.45, 2.75) is 38.3 Å². The molecule has 1 fully saturated rings. The lowest BCUT2D eigenvalue weighted by Crippen LogP contribution is -2.39. The minimum absolute atomic E-state index is 0.0564. The minimum atomic E-state index is -0.397. The van der Waals surface area contributed by atoms with Crippen LogP contribution in [0.4, 0.5) is 4.79 Å². The molecular formula is C16H20ClNO3. The van der Waals surface area contributed by atoms with E-state index in [1.54, 1.807) is 0 Å².